The molecule has 0 radical (unpaired) electrons. The highest BCUT2D eigenvalue weighted by Gasteiger charge is 2.24. The van der Waals surface area contributed by atoms with Crippen LogP contribution in [0.15, 0.2) is 0 Å². The zero-order valence-corrected chi connectivity index (χ0v) is 13.2. The monoisotopic (exact) mass is 301 g/mol. The Morgan fingerprint density at radius 1 is 1.45 bits per heavy atom. The molecule has 1 aliphatic rings. The molecule has 1 aliphatic heterocycles. The van der Waals surface area contributed by atoms with Crippen molar-refractivity contribution in [3.05, 3.63) is 11.6 Å². The van der Waals surface area contributed by atoms with E-state index in [2.05, 4.69) is 15.4 Å². The lowest BCUT2D eigenvalue weighted by Crippen LogP contribution is -2.44. The fourth-order valence-corrected chi connectivity index (χ4v) is 2.68. The number of likely N-dealkylation sites (N-methyl/N-ethyl adjacent to an activating group) is 1. The summed E-state index contributed by atoms with van der Waals surface area (Å²) in [4.78, 5) is 18.2. The van der Waals surface area contributed by atoms with Crippen LogP contribution in [0.3, 0.4) is 0 Å². The van der Waals surface area contributed by atoms with Gasteiger partial charge in [0.05, 0.1) is 6.54 Å². The van der Waals surface area contributed by atoms with Gasteiger partial charge in [-0.3, -0.25) is 4.79 Å². The molecule has 1 saturated heterocycles. The molecule has 0 aliphatic carbocycles. The van der Waals surface area contributed by atoms with Crippen molar-refractivity contribution in [2.45, 2.75) is 33.2 Å². The summed E-state index contributed by atoms with van der Waals surface area (Å²) in [6, 6.07) is 0. The van der Waals surface area contributed by atoms with Gasteiger partial charge in [0, 0.05) is 19.6 Å². The molecular formula is C13H24ClN5O. The number of hydrogen-bond donors (Lipinski definition) is 1. The van der Waals surface area contributed by atoms with Gasteiger partial charge in [-0.15, -0.1) is 12.4 Å². The highest BCUT2D eigenvalue weighted by Crippen LogP contribution is 2.18. The Balaban J connectivity index is 0.00000200. The van der Waals surface area contributed by atoms with Crippen molar-refractivity contribution < 1.29 is 4.79 Å². The predicted molar refractivity (Wildman–Crippen MR) is 80.0 cm³/mol. The van der Waals surface area contributed by atoms with E-state index in [-0.39, 0.29) is 18.3 Å². The second-order valence-electron chi connectivity index (χ2n) is 5.27. The zero-order valence-electron chi connectivity index (χ0n) is 12.4. The Hall–Kier alpha value is -1.14. The van der Waals surface area contributed by atoms with Gasteiger partial charge in [0.25, 0.3) is 0 Å². The molecule has 1 unspecified atom stereocenters. The van der Waals surface area contributed by atoms with Gasteiger partial charge < -0.3 is 10.2 Å². The van der Waals surface area contributed by atoms with Gasteiger partial charge in [0.2, 0.25) is 5.91 Å². The van der Waals surface area contributed by atoms with Crippen LogP contribution >= 0.6 is 12.4 Å². The SMILES string of the molecule is CNCC(=O)N1CCCC(Cn2nc(C)nc2C)C1.Cl. The minimum atomic E-state index is 0. The first-order valence-electron chi connectivity index (χ1n) is 6.90. The number of halogens is 1. The highest BCUT2D eigenvalue weighted by molar-refractivity contribution is 5.85. The number of nitrogens with zero attached hydrogens (tertiary/aromatic N) is 4. The average molecular weight is 302 g/mol. The molecule has 6 nitrogen and oxygen atoms in total. The molecule has 1 aromatic rings. The minimum absolute atomic E-state index is 0. The van der Waals surface area contributed by atoms with Gasteiger partial charge in [-0.1, -0.05) is 0 Å². The van der Waals surface area contributed by atoms with Crippen LogP contribution in [0.1, 0.15) is 24.5 Å². The van der Waals surface area contributed by atoms with E-state index >= 15 is 0 Å². The van der Waals surface area contributed by atoms with Gasteiger partial charge in [0.15, 0.2) is 0 Å². The van der Waals surface area contributed by atoms with Crippen LogP contribution in [0.25, 0.3) is 0 Å². The summed E-state index contributed by atoms with van der Waals surface area (Å²) < 4.78 is 1.96. The smallest absolute Gasteiger partial charge is 0.236 e. The molecule has 0 aromatic carbocycles. The molecule has 1 fully saturated rings. The minimum Gasteiger partial charge on any atom is -0.341 e. The Bertz CT molecular complexity index is 448. The number of carbonyl (C=O) groups excluding carboxylic acids is 1. The van der Waals surface area contributed by atoms with Crippen LogP contribution < -0.4 is 5.32 Å². The Morgan fingerprint density at radius 3 is 2.80 bits per heavy atom. The van der Waals surface area contributed by atoms with E-state index in [9.17, 15) is 4.79 Å². The second-order valence-corrected chi connectivity index (χ2v) is 5.27. The summed E-state index contributed by atoms with van der Waals surface area (Å²) in [5, 5.41) is 7.32. The van der Waals surface area contributed by atoms with Crippen molar-refractivity contribution in [1.29, 1.82) is 0 Å². The van der Waals surface area contributed by atoms with Crippen LogP contribution in [0.4, 0.5) is 0 Å². The third-order valence-corrected chi connectivity index (χ3v) is 3.59. The first-order valence-corrected chi connectivity index (χ1v) is 6.90. The molecule has 1 N–H and O–H groups in total. The molecule has 1 amide bonds. The molecule has 20 heavy (non-hydrogen) atoms. The Morgan fingerprint density at radius 2 is 2.20 bits per heavy atom. The second kappa shape index (κ2) is 7.59. The molecule has 114 valence electrons. The van der Waals surface area contributed by atoms with Gasteiger partial charge in [-0.05, 0) is 39.7 Å². The number of piperidine rings is 1. The maximum Gasteiger partial charge on any atom is 0.236 e. The normalized spacial score (nSPS) is 18.8. The lowest BCUT2D eigenvalue weighted by molar-refractivity contribution is -0.132. The van der Waals surface area contributed by atoms with E-state index < -0.39 is 0 Å². The van der Waals surface area contributed by atoms with E-state index in [0.717, 1.165) is 44.1 Å². The number of hydrogen-bond acceptors (Lipinski definition) is 4. The van der Waals surface area contributed by atoms with Crippen molar-refractivity contribution >= 4 is 18.3 Å². The lowest BCUT2D eigenvalue weighted by Gasteiger charge is -2.32. The van der Waals surface area contributed by atoms with Gasteiger partial charge >= 0.3 is 0 Å². The largest absolute Gasteiger partial charge is 0.341 e. The number of carbonyl (C=O) groups is 1. The summed E-state index contributed by atoms with van der Waals surface area (Å²) in [7, 11) is 1.81. The third-order valence-electron chi connectivity index (χ3n) is 3.59. The topological polar surface area (TPSA) is 63.1 Å². The molecule has 1 atom stereocenters. The van der Waals surface area contributed by atoms with E-state index in [1.807, 2.05) is 23.4 Å². The average Bonchev–Trinajstić information content (AvgIpc) is 2.68. The molecule has 7 heteroatoms. The number of aryl methyl sites for hydroxylation is 2. The summed E-state index contributed by atoms with van der Waals surface area (Å²) in [5.74, 6) is 2.45. The van der Waals surface area contributed by atoms with E-state index in [0.29, 0.717) is 12.5 Å². The first kappa shape index (κ1) is 16.9. The molecule has 0 bridgehead atoms. The standard InChI is InChI=1S/C13H23N5O.ClH/c1-10-15-11(2)18(16-10)9-12-5-4-6-17(8-12)13(19)7-14-3;/h12,14H,4-9H2,1-3H3;1H. The number of rotatable bonds is 4. The lowest BCUT2D eigenvalue weighted by atomic mass is 9.98. The van der Waals surface area contributed by atoms with Crippen LogP contribution in [-0.2, 0) is 11.3 Å². The maximum absolute atomic E-state index is 11.9. The van der Waals surface area contributed by atoms with Gasteiger partial charge in [-0.25, -0.2) is 9.67 Å². The predicted octanol–water partition coefficient (Wildman–Crippen LogP) is 0.775. The third kappa shape index (κ3) is 4.18. The Labute approximate surface area is 126 Å². The summed E-state index contributed by atoms with van der Waals surface area (Å²) in [6.45, 7) is 6.88. The van der Waals surface area contributed by atoms with E-state index in [4.69, 9.17) is 0 Å². The van der Waals surface area contributed by atoms with Crippen molar-refractivity contribution in [3.8, 4) is 0 Å². The number of aromatic nitrogens is 3. The molecule has 0 spiro atoms. The fraction of sp³-hybridized carbons (Fsp3) is 0.769. The Kier molecular flexibility index (Phi) is 6.42. The first-order chi connectivity index (χ1) is 9.10. The van der Waals surface area contributed by atoms with Gasteiger partial charge in [0.1, 0.15) is 11.6 Å². The maximum atomic E-state index is 11.9. The van der Waals surface area contributed by atoms with Crippen LogP contribution in [-0.4, -0.2) is 52.3 Å². The highest BCUT2D eigenvalue weighted by atomic mass is 35.5. The molecule has 2 rings (SSSR count). The van der Waals surface area contributed by atoms with E-state index in [1.54, 1.807) is 7.05 Å². The number of nitrogens with one attached hydrogen (secondary N) is 1. The molecular weight excluding hydrogens is 278 g/mol. The number of amides is 1. The summed E-state index contributed by atoms with van der Waals surface area (Å²) in [5.41, 5.74) is 0. The zero-order chi connectivity index (χ0) is 13.8. The van der Waals surface area contributed by atoms with Crippen LogP contribution in [0, 0.1) is 19.8 Å². The molecule has 1 aromatic heterocycles. The van der Waals surface area contributed by atoms with Crippen molar-refractivity contribution in [2.75, 3.05) is 26.7 Å². The van der Waals surface area contributed by atoms with Crippen LogP contribution in [0.2, 0.25) is 0 Å². The van der Waals surface area contributed by atoms with Crippen LogP contribution in [0.5, 0.6) is 0 Å². The summed E-state index contributed by atoms with van der Waals surface area (Å²) >= 11 is 0. The van der Waals surface area contributed by atoms with Crippen molar-refractivity contribution in [2.24, 2.45) is 5.92 Å². The van der Waals surface area contributed by atoms with Gasteiger partial charge in [-0.2, -0.15) is 5.10 Å². The molecule has 0 saturated carbocycles. The summed E-state index contributed by atoms with van der Waals surface area (Å²) in [6.07, 6.45) is 2.23. The van der Waals surface area contributed by atoms with Crippen molar-refractivity contribution in [1.82, 2.24) is 25.0 Å². The van der Waals surface area contributed by atoms with Crippen molar-refractivity contribution in [3.63, 3.8) is 0 Å². The number of likely N-dealkylation sites (tertiary alicyclic amines) is 1. The fourth-order valence-electron chi connectivity index (χ4n) is 2.68. The van der Waals surface area contributed by atoms with E-state index in [1.165, 1.54) is 0 Å². The molecule has 2 heterocycles. The quantitative estimate of drug-likeness (QED) is 0.892.